The Balaban J connectivity index is 2.47. The molecular weight excluding hydrogens is 385 g/mol. The maximum atomic E-state index is 12.8. The van der Waals surface area contributed by atoms with Crippen LogP contribution in [0.5, 0.6) is 0 Å². The molecule has 0 bridgehead atoms. The minimum atomic E-state index is -5.76. The maximum absolute atomic E-state index is 12.8. The molecule has 1 fully saturated rings. The summed E-state index contributed by atoms with van der Waals surface area (Å²) in [6.07, 6.45) is -6.52. The molecule has 0 saturated carbocycles. The van der Waals surface area contributed by atoms with Crippen molar-refractivity contribution in [1.82, 2.24) is 4.90 Å². The highest BCUT2D eigenvalue weighted by atomic mass is 32.2. The molecule has 0 aliphatic carbocycles. The highest BCUT2D eigenvalue weighted by molar-refractivity contribution is 7.91. The van der Waals surface area contributed by atoms with Crippen LogP contribution in [0, 0.1) is 0 Å². The van der Waals surface area contributed by atoms with Crippen molar-refractivity contribution in [2.45, 2.75) is 70.2 Å². The van der Waals surface area contributed by atoms with Gasteiger partial charge in [0.1, 0.15) is 0 Å². The van der Waals surface area contributed by atoms with E-state index in [0.717, 1.165) is 6.42 Å². The van der Waals surface area contributed by atoms with Gasteiger partial charge in [0.05, 0.1) is 17.6 Å². The van der Waals surface area contributed by atoms with Gasteiger partial charge in [0, 0.05) is 19.0 Å². The van der Waals surface area contributed by atoms with Crippen LogP contribution >= 0.6 is 0 Å². The molecule has 154 valence electrons. The van der Waals surface area contributed by atoms with Gasteiger partial charge in [-0.2, -0.15) is 22.0 Å². The molecule has 26 heavy (non-hydrogen) atoms. The average Bonchev–Trinajstić information content (AvgIpc) is 2.92. The summed E-state index contributed by atoms with van der Waals surface area (Å²) >= 11 is 0. The SMILES string of the molecule is CC(C)OC(=O)N1CCC[C@@H]1CCCS(=O)(=O)CCC(F)(F)C(F)(F)F. The van der Waals surface area contributed by atoms with E-state index in [0.29, 0.717) is 19.4 Å². The van der Waals surface area contributed by atoms with E-state index in [2.05, 4.69) is 0 Å². The van der Waals surface area contributed by atoms with Gasteiger partial charge in [-0.3, -0.25) is 0 Å². The molecule has 11 heteroatoms. The number of carbonyl (C=O) groups excluding carboxylic acids is 1. The predicted octanol–water partition coefficient (Wildman–Crippen LogP) is 3.78. The Labute approximate surface area is 149 Å². The molecule has 1 saturated heterocycles. The second-order valence-corrected chi connectivity index (χ2v) is 8.97. The van der Waals surface area contributed by atoms with Gasteiger partial charge in [-0.25, -0.2) is 13.2 Å². The lowest BCUT2D eigenvalue weighted by molar-refractivity contribution is -0.282. The van der Waals surface area contributed by atoms with Crippen LogP contribution in [0.2, 0.25) is 0 Å². The number of alkyl halides is 5. The summed E-state index contributed by atoms with van der Waals surface area (Å²) in [5, 5.41) is 0. The molecule has 1 atom stereocenters. The van der Waals surface area contributed by atoms with Gasteiger partial charge in [0.25, 0.3) is 0 Å². The fourth-order valence-corrected chi connectivity index (χ4v) is 4.09. The van der Waals surface area contributed by atoms with Gasteiger partial charge in [-0.15, -0.1) is 0 Å². The van der Waals surface area contributed by atoms with Crippen molar-refractivity contribution in [2.75, 3.05) is 18.1 Å². The lowest BCUT2D eigenvalue weighted by Gasteiger charge is -2.25. The summed E-state index contributed by atoms with van der Waals surface area (Å²) in [5.41, 5.74) is 0. The molecule has 0 radical (unpaired) electrons. The fourth-order valence-electron chi connectivity index (χ4n) is 2.71. The van der Waals surface area contributed by atoms with Crippen LogP contribution < -0.4 is 0 Å². The van der Waals surface area contributed by atoms with E-state index in [-0.39, 0.29) is 18.6 Å². The van der Waals surface area contributed by atoms with Crippen molar-refractivity contribution < 1.29 is 39.9 Å². The Bertz CT molecular complexity index is 577. The third kappa shape index (κ3) is 6.88. The monoisotopic (exact) mass is 409 g/mol. The van der Waals surface area contributed by atoms with Gasteiger partial charge >= 0.3 is 18.2 Å². The number of carbonyl (C=O) groups is 1. The summed E-state index contributed by atoms with van der Waals surface area (Å²) in [5.74, 6) is -6.75. The zero-order chi connectivity index (χ0) is 20.2. The number of sulfone groups is 1. The third-order valence-electron chi connectivity index (χ3n) is 4.08. The minimum Gasteiger partial charge on any atom is -0.447 e. The first-order valence-corrected chi connectivity index (χ1v) is 10.2. The van der Waals surface area contributed by atoms with Gasteiger partial charge in [-0.1, -0.05) is 0 Å². The average molecular weight is 409 g/mol. The number of nitrogens with zero attached hydrogens (tertiary/aromatic N) is 1. The number of halogens is 5. The summed E-state index contributed by atoms with van der Waals surface area (Å²) < 4.78 is 90.5. The molecule has 0 aromatic carbocycles. The summed E-state index contributed by atoms with van der Waals surface area (Å²) in [4.78, 5) is 13.4. The molecule has 0 aromatic heterocycles. The summed E-state index contributed by atoms with van der Waals surface area (Å²) in [6, 6.07) is -0.215. The molecule has 1 rings (SSSR count). The lowest BCUT2D eigenvalue weighted by atomic mass is 10.1. The standard InChI is InChI=1S/C15H24F5NO4S/c1-11(2)25-13(22)21-8-3-5-12(21)6-4-9-26(23,24)10-7-14(16,17)15(18,19)20/h11-12H,3-10H2,1-2H3/t12-/m1/s1. The second-order valence-electron chi connectivity index (χ2n) is 6.67. The van der Waals surface area contributed by atoms with E-state index >= 15 is 0 Å². The first-order chi connectivity index (χ1) is 11.8. The first-order valence-electron chi connectivity index (χ1n) is 8.37. The van der Waals surface area contributed by atoms with Crippen molar-refractivity contribution >= 4 is 15.9 Å². The largest absolute Gasteiger partial charge is 0.453 e. The van der Waals surface area contributed by atoms with E-state index in [1.165, 1.54) is 4.90 Å². The topological polar surface area (TPSA) is 63.7 Å². The second kappa shape index (κ2) is 8.71. The van der Waals surface area contributed by atoms with Crippen LogP contribution in [0.15, 0.2) is 0 Å². The van der Waals surface area contributed by atoms with Crippen LogP contribution in [0.1, 0.15) is 46.0 Å². The van der Waals surface area contributed by atoms with E-state index in [9.17, 15) is 35.2 Å². The third-order valence-corrected chi connectivity index (χ3v) is 5.82. The van der Waals surface area contributed by atoms with E-state index in [1.54, 1.807) is 13.8 Å². The minimum absolute atomic E-state index is 0.0794. The highest BCUT2D eigenvalue weighted by Crippen LogP contribution is 2.38. The molecule has 0 unspecified atom stereocenters. The van der Waals surface area contributed by atoms with Crippen LogP contribution in [0.3, 0.4) is 0 Å². The molecule has 0 N–H and O–H groups in total. The van der Waals surface area contributed by atoms with E-state index < -0.39 is 46.0 Å². The molecule has 0 aromatic rings. The summed E-state index contributed by atoms with van der Waals surface area (Å²) in [7, 11) is -4.04. The molecule has 1 heterocycles. The van der Waals surface area contributed by atoms with Crippen molar-refractivity contribution in [1.29, 1.82) is 0 Å². The highest BCUT2D eigenvalue weighted by Gasteiger charge is 2.57. The van der Waals surface area contributed by atoms with Crippen LogP contribution in [0.25, 0.3) is 0 Å². The normalized spacial score (nSPS) is 19.2. The molecule has 1 aliphatic rings. The zero-order valence-electron chi connectivity index (χ0n) is 14.7. The smallest absolute Gasteiger partial charge is 0.447 e. The molecule has 1 amide bonds. The Morgan fingerprint density at radius 1 is 1.19 bits per heavy atom. The van der Waals surface area contributed by atoms with Gasteiger partial charge < -0.3 is 9.64 Å². The predicted molar refractivity (Wildman–Crippen MR) is 84.9 cm³/mol. The van der Waals surface area contributed by atoms with Gasteiger partial charge in [-0.05, 0) is 39.5 Å². The van der Waals surface area contributed by atoms with Crippen molar-refractivity contribution in [2.24, 2.45) is 0 Å². The number of likely N-dealkylation sites (tertiary alicyclic amines) is 1. The number of amides is 1. The number of ether oxygens (including phenoxy) is 1. The quantitative estimate of drug-likeness (QED) is 0.573. The van der Waals surface area contributed by atoms with Crippen molar-refractivity contribution in [3.63, 3.8) is 0 Å². The maximum Gasteiger partial charge on any atom is 0.453 e. The zero-order valence-corrected chi connectivity index (χ0v) is 15.5. The van der Waals surface area contributed by atoms with Crippen LogP contribution in [0.4, 0.5) is 26.7 Å². The van der Waals surface area contributed by atoms with E-state index in [1.807, 2.05) is 0 Å². The number of hydrogen-bond donors (Lipinski definition) is 0. The fraction of sp³-hybridized carbons (Fsp3) is 0.933. The van der Waals surface area contributed by atoms with Crippen LogP contribution in [-0.2, 0) is 14.6 Å². The van der Waals surface area contributed by atoms with Crippen LogP contribution in [-0.4, -0.2) is 61.7 Å². The molecule has 5 nitrogen and oxygen atoms in total. The number of hydrogen-bond acceptors (Lipinski definition) is 4. The molecule has 1 aliphatic heterocycles. The Morgan fingerprint density at radius 3 is 2.35 bits per heavy atom. The van der Waals surface area contributed by atoms with Crippen molar-refractivity contribution in [3.05, 3.63) is 0 Å². The Hall–Kier alpha value is -1.13. The van der Waals surface area contributed by atoms with Crippen molar-refractivity contribution in [3.8, 4) is 0 Å². The summed E-state index contributed by atoms with van der Waals surface area (Å²) in [6.45, 7) is 3.89. The van der Waals surface area contributed by atoms with E-state index in [4.69, 9.17) is 4.74 Å². The van der Waals surface area contributed by atoms with Gasteiger partial charge in [0.2, 0.25) is 0 Å². The Morgan fingerprint density at radius 2 is 1.81 bits per heavy atom. The van der Waals surface area contributed by atoms with Gasteiger partial charge in [0.15, 0.2) is 9.84 Å². The first kappa shape index (κ1) is 22.9. The Kier molecular flexibility index (Phi) is 7.67. The molecule has 0 spiro atoms. The number of rotatable bonds is 8. The molecular formula is C15H24F5NO4S. The lowest BCUT2D eigenvalue weighted by Crippen LogP contribution is -2.38.